The van der Waals surface area contributed by atoms with Gasteiger partial charge in [-0.25, -0.2) is 4.98 Å². The molecule has 5 nitrogen and oxygen atoms in total. The Bertz CT molecular complexity index is 479. The number of nitrogens with one attached hydrogen (secondary N) is 1. The second-order valence-corrected chi connectivity index (χ2v) is 6.16. The highest BCUT2D eigenvalue weighted by molar-refractivity contribution is 7.15. The molecule has 1 unspecified atom stereocenters. The molecule has 1 atom stereocenters. The van der Waals surface area contributed by atoms with Crippen molar-refractivity contribution in [2.75, 3.05) is 18.4 Å². The van der Waals surface area contributed by atoms with Crippen LogP contribution in [0.4, 0.5) is 5.13 Å². The van der Waals surface area contributed by atoms with E-state index in [0.29, 0.717) is 11.7 Å². The van der Waals surface area contributed by atoms with Crippen LogP contribution in [0, 0.1) is 19.8 Å². The van der Waals surface area contributed by atoms with Crippen molar-refractivity contribution in [1.82, 2.24) is 9.88 Å². The van der Waals surface area contributed by atoms with Gasteiger partial charge in [0.05, 0.1) is 11.6 Å². The van der Waals surface area contributed by atoms with Crippen LogP contribution in [-0.2, 0) is 9.59 Å². The van der Waals surface area contributed by atoms with E-state index in [0.717, 1.165) is 30.0 Å². The number of hydrogen-bond donors (Lipinski definition) is 1. The number of hydrogen-bond acceptors (Lipinski definition) is 4. The van der Waals surface area contributed by atoms with Gasteiger partial charge in [0.2, 0.25) is 11.8 Å². The lowest BCUT2D eigenvalue weighted by Crippen LogP contribution is -2.42. The first kappa shape index (κ1) is 14.0. The topological polar surface area (TPSA) is 62.3 Å². The molecule has 0 radical (unpaired) electrons. The second-order valence-electron chi connectivity index (χ2n) is 4.95. The van der Waals surface area contributed by atoms with Crippen LogP contribution in [-0.4, -0.2) is 34.8 Å². The van der Waals surface area contributed by atoms with E-state index in [2.05, 4.69) is 10.3 Å². The molecule has 2 amide bonds. The van der Waals surface area contributed by atoms with Gasteiger partial charge >= 0.3 is 0 Å². The fourth-order valence-corrected chi connectivity index (χ4v) is 3.03. The van der Waals surface area contributed by atoms with Crippen LogP contribution in [0.3, 0.4) is 0 Å². The van der Waals surface area contributed by atoms with Crippen molar-refractivity contribution in [3.63, 3.8) is 0 Å². The number of carbonyl (C=O) groups is 2. The smallest absolute Gasteiger partial charge is 0.231 e. The first-order valence-corrected chi connectivity index (χ1v) is 7.29. The Hall–Kier alpha value is -1.43. The molecule has 1 N–H and O–H groups in total. The molecule has 0 spiro atoms. The number of carbonyl (C=O) groups excluding carboxylic acids is 2. The van der Waals surface area contributed by atoms with E-state index in [1.807, 2.05) is 13.8 Å². The molecule has 19 heavy (non-hydrogen) atoms. The summed E-state index contributed by atoms with van der Waals surface area (Å²) in [6.07, 6.45) is 1.71. The third-order valence-electron chi connectivity index (χ3n) is 3.50. The number of thiazole rings is 1. The third-order valence-corrected chi connectivity index (χ3v) is 4.48. The van der Waals surface area contributed by atoms with Crippen LogP contribution < -0.4 is 5.32 Å². The van der Waals surface area contributed by atoms with Gasteiger partial charge in [-0.1, -0.05) is 0 Å². The summed E-state index contributed by atoms with van der Waals surface area (Å²) in [4.78, 5) is 30.7. The van der Waals surface area contributed by atoms with Gasteiger partial charge in [0.25, 0.3) is 0 Å². The average Bonchev–Trinajstić information content (AvgIpc) is 2.68. The number of anilines is 1. The van der Waals surface area contributed by atoms with Crippen molar-refractivity contribution in [1.29, 1.82) is 0 Å². The van der Waals surface area contributed by atoms with Crippen molar-refractivity contribution in [2.45, 2.75) is 33.6 Å². The van der Waals surface area contributed by atoms with Crippen molar-refractivity contribution >= 4 is 28.3 Å². The molecule has 0 aliphatic carbocycles. The van der Waals surface area contributed by atoms with E-state index < -0.39 is 0 Å². The number of piperidine rings is 1. The maximum atomic E-state index is 12.2. The highest BCUT2D eigenvalue weighted by Gasteiger charge is 2.27. The number of amides is 2. The lowest BCUT2D eigenvalue weighted by Gasteiger charge is -2.31. The molecule has 1 aromatic rings. The van der Waals surface area contributed by atoms with Crippen LogP contribution in [0.25, 0.3) is 0 Å². The number of likely N-dealkylation sites (tertiary alicyclic amines) is 1. The van der Waals surface area contributed by atoms with Crippen molar-refractivity contribution < 1.29 is 9.59 Å². The molecule has 6 heteroatoms. The summed E-state index contributed by atoms with van der Waals surface area (Å²) in [6.45, 7) is 6.74. The Balaban J connectivity index is 1.97. The number of nitrogens with zero attached hydrogens (tertiary/aromatic N) is 2. The van der Waals surface area contributed by atoms with Gasteiger partial charge in [-0.15, -0.1) is 11.3 Å². The van der Waals surface area contributed by atoms with Crippen LogP contribution in [0.2, 0.25) is 0 Å². The molecule has 0 aromatic carbocycles. The fraction of sp³-hybridized carbons (Fsp3) is 0.615. The minimum absolute atomic E-state index is 0.0281. The van der Waals surface area contributed by atoms with Gasteiger partial charge in [0.15, 0.2) is 5.13 Å². The standard InChI is InChI=1S/C13H19N3O2S/c1-8-9(2)19-13(14-8)15-12(18)11-5-4-6-16(7-11)10(3)17/h11H,4-7H2,1-3H3,(H,14,15,18). The fourth-order valence-electron chi connectivity index (χ4n) is 2.21. The molecule has 1 saturated heterocycles. The first-order chi connectivity index (χ1) is 8.97. The van der Waals surface area contributed by atoms with E-state index in [1.54, 1.807) is 11.8 Å². The summed E-state index contributed by atoms with van der Waals surface area (Å²) in [5, 5.41) is 3.52. The average molecular weight is 281 g/mol. The van der Waals surface area contributed by atoms with Gasteiger partial charge in [-0.2, -0.15) is 0 Å². The van der Waals surface area contributed by atoms with E-state index in [4.69, 9.17) is 0 Å². The van der Waals surface area contributed by atoms with Crippen LogP contribution in [0.15, 0.2) is 0 Å². The van der Waals surface area contributed by atoms with Crippen molar-refractivity contribution in [3.05, 3.63) is 10.6 Å². The minimum atomic E-state index is -0.123. The quantitative estimate of drug-likeness (QED) is 0.901. The van der Waals surface area contributed by atoms with Crippen molar-refractivity contribution in [3.8, 4) is 0 Å². The molecule has 0 saturated carbocycles. The molecule has 2 heterocycles. The molecule has 0 bridgehead atoms. The largest absolute Gasteiger partial charge is 0.342 e. The Kier molecular flexibility index (Phi) is 4.19. The van der Waals surface area contributed by atoms with Crippen LogP contribution >= 0.6 is 11.3 Å². The Morgan fingerprint density at radius 3 is 2.74 bits per heavy atom. The zero-order chi connectivity index (χ0) is 14.0. The number of rotatable bonds is 2. The van der Waals surface area contributed by atoms with E-state index in [9.17, 15) is 9.59 Å². The predicted molar refractivity (Wildman–Crippen MR) is 75.2 cm³/mol. The zero-order valence-corrected chi connectivity index (χ0v) is 12.3. The van der Waals surface area contributed by atoms with Gasteiger partial charge < -0.3 is 10.2 Å². The maximum absolute atomic E-state index is 12.2. The molecular weight excluding hydrogens is 262 g/mol. The SMILES string of the molecule is CC(=O)N1CCCC(C(=O)Nc2nc(C)c(C)s2)C1. The van der Waals surface area contributed by atoms with Crippen LogP contribution in [0.1, 0.15) is 30.3 Å². The Morgan fingerprint density at radius 2 is 2.16 bits per heavy atom. The zero-order valence-electron chi connectivity index (χ0n) is 11.5. The van der Waals surface area contributed by atoms with Crippen LogP contribution in [0.5, 0.6) is 0 Å². The molecule has 1 fully saturated rings. The molecular formula is C13H19N3O2S. The van der Waals surface area contributed by atoms with Crippen molar-refractivity contribution in [2.24, 2.45) is 5.92 Å². The number of aromatic nitrogens is 1. The van der Waals surface area contributed by atoms with Gasteiger partial charge in [0, 0.05) is 24.9 Å². The third kappa shape index (κ3) is 3.32. The summed E-state index contributed by atoms with van der Waals surface area (Å²) < 4.78 is 0. The summed E-state index contributed by atoms with van der Waals surface area (Å²) in [5.74, 6) is -0.111. The molecule has 2 rings (SSSR count). The molecule has 1 aliphatic rings. The molecule has 104 valence electrons. The number of aryl methyl sites for hydroxylation is 2. The van der Waals surface area contributed by atoms with Gasteiger partial charge in [-0.05, 0) is 26.7 Å². The van der Waals surface area contributed by atoms with Gasteiger partial charge in [0.1, 0.15) is 0 Å². The van der Waals surface area contributed by atoms with Gasteiger partial charge in [-0.3, -0.25) is 9.59 Å². The Labute approximate surface area is 117 Å². The maximum Gasteiger partial charge on any atom is 0.231 e. The van der Waals surface area contributed by atoms with E-state index in [-0.39, 0.29) is 17.7 Å². The minimum Gasteiger partial charge on any atom is -0.342 e. The summed E-state index contributed by atoms with van der Waals surface area (Å²) in [7, 11) is 0. The molecule has 1 aliphatic heterocycles. The normalized spacial score (nSPS) is 19.3. The summed E-state index contributed by atoms with van der Waals surface area (Å²) in [6, 6.07) is 0. The van der Waals surface area contributed by atoms with E-state index in [1.165, 1.54) is 11.3 Å². The van der Waals surface area contributed by atoms with E-state index >= 15 is 0 Å². The highest BCUT2D eigenvalue weighted by Crippen LogP contribution is 2.23. The Morgan fingerprint density at radius 1 is 1.42 bits per heavy atom. The summed E-state index contributed by atoms with van der Waals surface area (Å²) in [5.41, 5.74) is 0.953. The first-order valence-electron chi connectivity index (χ1n) is 6.47. The predicted octanol–water partition coefficient (Wildman–Crippen LogP) is 1.96. The second kappa shape index (κ2) is 5.69. The highest BCUT2D eigenvalue weighted by atomic mass is 32.1. The lowest BCUT2D eigenvalue weighted by atomic mass is 9.97. The lowest BCUT2D eigenvalue weighted by molar-refractivity contribution is -0.132. The molecule has 1 aromatic heterocycles. The monoisotopic (exact) mass is 281 g/mol. The summed E-state index contributed by atoms with van der Waals surface area (Å²) >= 11 is 1.49.